The molecule has 0 aliphatic carbocycles. The van der Waals surface area contributed by atoms with E-state index in [0.717, 1.165) is 24.0 Å². The van der Waals surface area contributed by atoms with Crippen molar-refractivity contribution in [2.45, 2.75) is 26.3 Å². The number of ketones is 1. The third kappa shape index (κ3) is 4.88. The van der Waals surface area contributed by atoms with E-state index in [4.69, 9.17) is 0 Å². The molecule has 4 heteroatoms. The van der Waals surface area contributed by atoms with E-state index in [2.05, 4.69) is 32.7 Å². The lowest BCUT2D eigenvalue weighted by atomic mass is 10.2. The van der Waals surface area contributed by atoms with Gasteiger partial charge < -0.3 is 10.1 Å². The van der Waals surface area contributed by atoms with E-state index in [1.54, 1.807) is 18.3 Å². The fourth-order valence-corrected chi connectivity index (χ4v) is 2.54. The lowest BCUT2D eigenvalue weighted by molar-refractivity contribution is -0.117. The number of hydrogen-bond acceptors (Lipinski definition) is 3. The van der Waals surface area contributed by atoms with Gasteiger partial charge in [-0.15, -0.1) is 11.3 Å². The molecule has 1 rings (SSSR count). The van der Waals surface area contributed by atoms with Gasteiger partial charge >= 0.3 is 0 Å². The van der Waals surface area contributed by atoms with Gasteiger partial charge in [-0.3, -0.25) is 0 Å². The summed E-state index contributed by atoms with van der Waals surface area (Å²) < 4.78 is 1.14. The van der Waals surface area contributed by atoms with E-state index in [1.165, 1.54) is 4.88 Å². The van der Waals surface area contributed by atoms with Crippen LogP contribution in [0, 0.1) is 0 Å². The summed E-state index contributed by atoms with van der Waals surface area (Å²) in [6.07, 6.45) is 1.61. The fraction of sp³-hybridized carbons (Fsp3) is 0.500. The van der Waals surface area contributed by atoms with Gasteiger partial charge in [0.15, 0.2) is 0 Å². The van der Waals surface area contributed by atoms with Crippen molar-refractivity contribution in [1.82, 2.24) is 5.32 Å². The maximum Gasteiger partial charge on any atom is 0.129 e. The van der Waals surface area contributed by atoms with Crippen molar-refractivity contribution in [2.75, 3.05) is 6.54 Å². The van der Waals surface area contributed by atoms with Crippen molar-refractivity contribution < 1.29 is 4.79 Å². The molecule has 1 N–H and O–H groups in total. The molecule has 0 spiro atoms. The van der Waals surface area contributed by atoms with Gasteiger partial charge in [0.1, 0.15) is 5.78 Å². The van der Waals surface area contributed by atoms with Crippen LogP contribution in [0.5, 0.6) is 0 Å². The molecular weight excluding hydrogens is 262 g/mol. The summed E-state index contributed by atoms with van der Waals surface area (Å²) >= 11 is 5.15. The second kappa shape index (κ2) is 6.32. The minimum Gasteiger partial charge on any atom is -0.312 e. The van der Waals surface area contributed by atoms with Crippen LogP contribution in [0.3, 0.4) is 0 Å². The summed E-state index contributed by atoms with van der Waals surface area (Å²) in [5.41, 5.74) is 0. The maximum atomic E-state index is 10.6. The molecular formula is C10H14BrNOS. The number of carbonyl (C=O) groups is 1. The fourth-order valence-electron chi connectivity index (χ4n) is 1.12. The Balaban J connectivity index is 2.07. The number of thiophene rings is 1. The number of Topliss-reactive ketones (excluding diaryl/α,β-unsaturated/α-hetero) is 1. The Morgan fingerprint density at radius 2 is 2.43 bits per heavy atom. The summed E-state index contributed by atoms with van der Waals surface area (Å²) in [5, 5.41) is 5.38. The maximum absolute atomic E-state index is 10.6. The first-order valence-corrected chi connectivity index (χ1v) is 6.29. The Morgan fingerprint density at radius 1 is 1.64 bits per heavy atom. The highest BCUT2D eigenvalue weighted by atomic mass is 79.9. The third-order valence-corrected chi connectivity index (χ3v) is 3.50. The van der Waals surface area contributed by atoms with Gasteiger partial charge in [-0.1, -0.05) is 0 Å². The van der Waals surface area contributed by atoms with E-state index in [9.17, 15) is 4.79 Å². The van der Waals surface area contributed by atoms with Gasteiger partial charge in [0.05, 0.1) is 0 Å². The van der Waals surface area contributed by atoms with Crippen LogP contribution in [0.4, 0.5) is 0 Å². The van der Waals surface area contributed by atoms with Gasteiger partial charge in [0, 0.05) is 27.7 Å². The van der Waals surface area contributed by atoms with Crippen LogP contribution in [0.15, 0.2) is 15.9 Å². The normalized spacial score (nSPS) is 10.4. The smallest absolute Gasteiger partial charge is 0.129 e. The molecule has 0 amide bonds. The SMILES string of the molecule is CC(=O)CCCNCc1cc(Br)cs1. The minimum absolute atomic E-state index is 0.269. The molecule has 0 aliphatic heterocycles. The predicted molar refractivity (Wildman–Crippen MR) is 63.6 cm³/mol. The number of rotatable bonds is 6. The molecule has 0 aromatic carbocycles. The highest BCUT2D eigenvalue weighted by Crippen LogP contribution is 2.19. The van der Waals surface area contributed by atoms with Gasteiger partial charge in [0.2, 0.25) is 0 Å². The highest BCUT2D eigenvalue weighted by molar-refractivity contribution is 9.10. The second-order valence-electron chi connectivity index (χ2n) is 3.21. The summed E-state index contributed by atoms with van der Waals surface area (Å²) in [7, 11) is 0. The summed E-state index contributed by atoms with van der Waals surface area (Å²) in [4.78, 5) is 12.0. The molecule has 0 bridgehead atoms. The Kier molecular flexibility index (Phi) is 5.37. The zero-order valence-electron chi connectivity index (χ0n) is 8.18. The molecule has 0 aliphatic rings. The minimum atomic E-state index is 0.269. The van der Waals surface area contributed by atoms with Crippen LogP contribution < -0.4 is 5.32 Å². The first-order chi connectivity index (χ1) is 6.68. The number of carbonyl (C=O) groups excluding carboxylic acids is 1. The van der Waals surface area contributed by atoms with Crippen LogP contribution >= 0.6 is 27.3 Å². The lowest BCUT2D eigenvalue weighted by Gasteiger charge is -2.00. The molecule has 0 fully saturated rings. The molecule has 0 atom stereocenters. The average molecular weight is 276 g/mol. The molecule has 14 heavy (non-hydrogen) atoms. The van der Waals surface area contributed by atoms with E-state index in [-0.39, 0.29) is 5.78 Å². The largest absolute Gasteiger partial charge is 0.312 e. The molecule has 1 heterocycles. The van der Waals surface area contributed by atoms with Crippen LogP contribution in [0.25, 0.3) is 0 Å². The molecule has 0 radical (unpaired) electrons. The number of halogens is 1. The molecule has 1 aromatic heterocycles. The third-order valence-electron chi connectivity index (χ3n) is 1.80. The van der Waals surface area contributed by atoms with Gasteiger partial charge in [-0.2, -0.15) is 0 Å². The van der Waals surface area contributed by atoms with Crippen molar-refractivity contribution >= 4 is 33.0 Å². The van der Waals surface area contributed by atoms with E-state index >= 15 is 0 Å². The van der Waals surface area contributed by atoms with Gasteiger partial charge in [-0.25, -0.2) is 0 Å². The highest BCUT2D eigenvalue weighted by Gasteiger charge is 1.97. The average Bonchev–Trinajstić information content (AvgIpc) is 2.50. The molecule has 0 unspecified atom stereocenters. The summed E-state index contributed by atoms with van der Waals surface area (Å²) in [5.74, 6) is 0.269. The van der Waals surface area contributed by atoms with Crippen LogP contribution in [0.2, 0.25) is 0 Å². The molecule has 78 valence electrons. The Labute approximate surface area is 96.8 Å². The standard InChI is InChI=1S/C10H14BrNOS/c1-8(13)3-2-4-12-6-10-5-9(11)7-14-10/h5,7,12H,2-4,6H2,1H3. The topological polar surface area (TPSA) is 29.1 Å². The lowest BCUT2D eigenvalue weighted by Crippen LogP contribution is -2.14. The molecule has 1 aromatic rings. The van der Waals surface area contributed by atoms with Crippen LogP contribution in [-0.4, -0.2) is 12.3 Å². The van der Waals surface area contributed by atoms with Crippen molar-refractivity contribution in [3.05, 3.63) is 20.8 Å². The summed E-state index contributed by atoms with van der Waals surface area (Å²) in [6, 6.07) is 2.11. The van der Waals surface area contributed by atoms with Crippen LogP contribution in [0.1, 0.15) is 24.6 Å². The van der Waals surface area contributed by atoms with Crippen molar-refractivity contribution in [3.63, 3.8) is 0 Å². The molecule has 0 saturated carbocycles. The molecule has 2 nitrogen and oxygen atoms in total. The van der Waals surface area contributed by atoms with Gasteiger partial charge in [0.25, 0.3) is 0 Å². The van der Waals surface area contributed by atoms with Gasteiger partial charge in [-0.05, 0) is 41.9 Å². The number of nitrogens with one attached hydrogen (secondary N) is 1. The monoisotopic (exact) mass is 275 g/mol. The first kappa shape index (κ1) is 11.9. The zero-order chi connectivity index (χ0) is 10.4. The quantitative estimate of drug-likeness (QED) is 0.809. The van der Waals surface area contributed by atoms with Crippen molar-refractivity contribution in [1.29, 1.82) is 0 Å². The second-order valence-corrected chi connectivity index (χ2v) is 5.13. The Hall–Kier alpha value is -0.190. The first-order valence-electron chi connectivity index (χ1n) is 4.61. The summed E-state index contributed by atoms with van der Waals surface area (Å²) in [6.45, 7) is 3.44. The van der Waals surface area contributed by atoms with Crippen molar-refractivity contribution in [3.8, 4) is 0 Å². The zero-order valence-corrected chi connectivity index (χ0v) is 10.6. The number of hydrogen-bond donors (Lipinski definition) is 1. The van der Waals surface area contributed by atoms with E-state index < -0.39 is 0 Å². The van der Waals surface area contributed by atoms with E-state index in [0.29, 0.717) is 6.42 Å². The van der Waals surface area contributed by atoms with Crippen molar-refractivity contribution in [2.24, 2.45) is 0 Å². The Bertz CT molecular complexity index is 298. The predicted octanol–water partition coefficient (Wildman–Crippen LogP) is 2.97. The van der Waals surface area contributed by atoms with E-state index in [1.807, 2.05) is 0 Å². The molecule has 0 saturated heterocycles. The van der Waals surface area contributed by atoms with Crippen LogP contribution in [-0.2, 0) is 11.3 Å². The Morgan fingerprint density at radius 3 is 3.00 bits per heavy atom.